The van der Waals surface area contributed by atoms with Crippen LogP contribution < -0.4 is 5.32 Å². The van der Waals surface area contributed by atoms with E-state index in [1.807, 2.05) is 11.0 Å². The van der Waals surface area contributed by atoms with Crippen molar-refractivity contribution >= 4 is 29.5 Å². The monoisotopic (exact) mass is 500 g/mol. The molecule has 8 nitrogen and oxygen atoms in total. The molecule has 9 heteroatoms. The summed E-state index contributed by atoms with van der Waals surface area (Å²) in [6.45, 7) is 10.3. The molecule has 3 amide bonds. The predicted molar refractivity (Wildman–Crippen MR) is 134 cm³/mol. The summed E-state index contributed by atoms with van der Waals surface area (Å²) in [6, 6.07) is 6.16. The second kappa shape index (κ2) is 10.8. The van der Waals surface area contributed by atoms with E-state index >= 15 is 0 Å². The van der Waals surface area contributed by atoms with E-state index in [1.165, 1.54) is 0 Å². The fraction of sp³-hybridized carbons (Fsp3) is 0.500. The Kier molecular flexibility index (Phi) is 7.82. The second-order valence-corrected chi connectivity index (χ2v) is 9.68. The van der Waals surface area contributed by atoms with Gasteiger partial charge in [-0.15, -0.1) is 6.58 Å². The smallest absolute Gasteiger partial charge is 0.338 e. The van der Waals surface area contributed by atoms with Gasteiger partial charge in [-0.05, 0) is 38.3 Å². The highest BCUT2D eigenvalue weighted by atomic mass is 35.5. The van der Waals surface area contributed by atoms with Crippen molar-refractivity contribution in [2.24, 2.45) is 5.92 Å². The summed E-state index contributed by atoms with van der Waals surface area (Å²) in [5.41, 5.74) is 1.58. The van der Waals surface area contributed by atoms with Crippen molar-refractivity contribution in [2.75, 3.05) is 39.3 Å². The Morgan fingerprint density at radius 2 is 2.00 bits per heavy atom. The van der Waals surface area contributed by atoms with Gasteiger partial charge in [-0.3, -0.25) is 14.6 Å². The maximum Gasteiger partial charge on any atom is 0.338 e. The van der Waals surface area contributed by atoms with E-state index in [4.69, 9.17) is 16.3 Å². The maximum absolute atomic E-state index is 13.3. The topological polar surface area (TPSA) is 82.2 Å². The lowest BCUT2D eigenvalue weighted by Crippen LogP contribution is -2.56. The average Bonchev–Trinajstić information content (AvgIpc) is 3.67. The molecule has 35 heavy (non-hydrogen) atoms. The third-order valence-corrected chi connectivity index (χ3v) is 7.10. The minimum atomic E-state index is -0.735. The summed E-state index contributed by atoms with van der Waals surface area (Å²) >= 11 is 6.48. The van der Waals surface area contributed by atoms with Crippen LogP contribution in [0.3, 0.4) is 0 Å². The molecule has 2 atom stereocenters. The van der Waals surface area contributed by atoms with E-state index in [9.17, 15) is 14.4 Å². The van der Waals surface area contributed by atoms with Crippen molar-refractivity contribution in [1.82, 2.24) is 20.0 Å². The van der Waals surface area contributed by atoms with Gasteiger partial charge in [-0.2, -0.15) is 0 Å². The van der Waals surface area contributed by atoms with Crippen LogP contribution >= 0.6 is 11.6 Å². The lowest BCUT2D eigenvalue weighted by molar-refractivity contribution is -0.139. The summed E-state index contributed by atoms with van der Waals surface area (Å²) in [6.07, 6.45) is 3.60. The SMILES string of the molecule is C=CCN1C(=O)NC(c2ccccc2Cl)C(C(=O)OCC)=C1CN1CCN(C(=O)C2CC2)C(C)C1. The number of esters is 1. The molecule has 2 fully saturated rings. The van der Waals surface area contributed by atoms with Crippen LogP contribution in [0.2, 0.25) is 5.02 Å². The maximum atomic E-state index is 13.3. The molecule has 2 aliphatic heterocycles. The molecule has 0 bridgehead atoms. The van der Waals surface area contributed by atoms with Gasteiger partial charge in [0.05, 0.1) is 18.2 Å². The lowest BCUT2D eigenvalue weighted by atomic mass is 9.93. The number of halogens is 1. The van der Waals surface area contributed by atoms with Crippen LogP contribution in [0.15, 0.2) is 48.2 Å². The summed E-state index contributed by atoms with van der Waals surface area (Å²) in [7, 11) is 0. The Bertz CT molecular complexity index is 1040. The van der Waals surface area contributed by atoms with Gasteiger partial charge in [0.2, 0.25) is 5.91 Å². The Balaban J connectivity index is 1.69. The highest BCUT2D eigenvalue weighted by Crippen LogP contribution is 2.36. The van der Waals surface area contributed by atoms with Crippen molar-refractivity contribution in [2.45, 2.75) is 38.8 Å². The molecule has 2 unspecified atom stereocenters. The zero-order valence-electron chi connectivity index (χ0n) is 20.3. The van der Waals surface area contributed by atoms with Gasteiger partial charge in [-0.25, -0.2) is 9.59 Å². The fourth-order valence-corrected chi connectivity index (χ4v) is 5.11. The van der Waals surface area contributed by atoms with Crippen LogP contribution in [0, 0.1) is 5.92 Å². The van der Waals surface area contributed by atoms with Crippen LogP contribution in [-0.2, 0) is 14.3 Å². The molecule has 1 aromatic rings. The first-order valence-electron chi connectivity index (χ1n) is 12.2. The van der Waals surface area contributed by atoms with E-state index in [2.05, 4.69) is 23.7 Å². The number of rotatable bonds is 8. The van der Waals surface area contributed by atoms with Gasteiger partial charge in [0, 0.05) is 55.4 Å². The van der Waals surface area contributed by atoms with Gasteiger partial charge in [0.1, 0.15) is 0 Å². The molecule has 0 spiro atoms. The van der Waals surface area contributed by atoms with Crippen molar-refractivity contribution in [1.29, 1.82) is 0 Å². The molecule has 0 aromatic heterocycles. The van der Waals surface area contributed by atoms with Crippen LogP contribution in [-0.4, -0.2) is 78.0 Å². The molecule has 1 aromatic carbocycles. The highest BCUT2D eigenvalue weighted by molar-refractivity contribution is 6.31. The minimum Gasteiger partial charge on any atom is -0.463 e. The number of piperazine rings is 1. The number of hydrogen-bond acceptors (Lipinski definition) is 5. The third-order valence-electron chi connectivity index (χ3n) is 6.76. The first-order chi connectivity index (χ1) is 16.8. The summed E-state index contributed by atoms with van der Waals surface area (Å²) in [5.74, 6) is -0.0617. The molecule has 3 aliphatic rings. The second-order valence-electron chi connectivity index (χ2n) is 9.27. The molecule has 2 heterocycles. The number of amides is 3. The number of ether oxygens (including phenoxy) is 1. The van der Waals surface area contributed by atoms with Gasteiger partial charge in [-0.1, -0.05) is 35.9 Å². The molecule has 1 N–H and O–H groups in total. The molecular formula is C26H33ClN4O4. The van der Waals surface area contributed by atoms with Crippen molar-refractivity contribution < 1.29 is 19.1 Å². The van der Waals surface area contributed by atoms with E-state index < -0.39 is 12.0 Å². The van der Waals surface area contributed by atoms with Gasteiger partial charge < -0.3 is 15.0 Å². The normalized spacial score (nSPS) is 23.2. The third kappa shape index (κ3) is 5.38. The molecule has 1 aliphatic carbocycles. The highest BCUT2D eigenvalue weighted by Gasteiger charge is 2.41. The van der Waals surface area contributed by atoms with Gasteiger partial charge in [0.25, 0.3) is 0 Å². The van der Waals surface area contributed by atoms with Crippen LogP contribution in [0.4, 0.5) is 4.79 Å². The van der Waals surface area contributed by atoms with Crippen LogP contribution in [0.25, 0.3) is 0 Å². The van der Waals surface area contributed by atoms with Crippen molar-refractivity contribution in [3.8, 4) is 0 Å². The Labute approximate surface area is 211 Å². The Hall–Kier alpha value is -2.84. The summed E-state index contributed by atoms with van der Waals surface area (Å²) in [5, 5.41) is 3.40. The number of nitrogens with zero attached hydrogens (tertiary/aromatic N) is 3. The number of urea groups is 1. The fourth-order valence-electron chi connectivity index (χ4n) is 4.87. The molecule has 1 saturated carbocycles. The van der Waals surface area contributed by atoms with Gasteiger partial charge >= 0.3 is 12.0 Å². The minimum absolute atomic E-state index is 0.0492. The quantitative estimate of drug-likeness (QED) is 0.437. The average molecular weight is 501 g/mol. The predicted octanol–water partition coefficient (Wildman–Crippen LogP) is 3.35. The summed E-state index contributed by atoms with van der Waals surface area (Å²) in [4.78, 5) is 44.8. The van der Waals surface area contributed by atoms with Crippen molar-refractivity contribution in [3.63, 3.8) is 0 Å². The van der Waals surface area contributed by atoms with E-state index in [0.717, 1.165) is 12.8 Å². The first kappa shape index (κ1) is 25.3. The Morgan fingerprint density at radius 1 is 1.26 bits per heavy atom. The standard InChI is InChI=1S/C26H33ClN4O4/c1-4-12-31-21(16-29-13-14-30(17(3)15-29)24(32)18-10-11-18)22(25(33)35-5-2)23(28-26(31)34)19-8-6-7-9-20(19)27/h4,6-9,17-18,23H,1,5,10-16H2,2-3H3,(H,28,34). The van der Waals surface area contributed by atoms with E-state index in [1.54, 1.807) is 36.1 Å². The largest absolute Gasteiger partial charge is 0.463 e. The van der Waals surface area contributed by atoms with Crippen LogP contribution in [0.5, 0.6) is 0 Å². The number of carbonyl (C=O) groups excluding carboxylic acids is 3. The zero-order chi connectivity index (χ0) is 25.1. The lowest BCUT2D eigenvalue weighted by Gasteiger charge is -2.43. The van der Waals surface area contributed by atoms with Gasteiger partial charge in [0.15, 0.2) is 0 Å². The van der Waals surface area contributed by atoms with Crippen molar-refractivity contribution in [3.05, 3.63) is 58.8 Å². The number of benzene rings is 1. The molecule has 1 saturated heterocycles. The van der Waals surface area contributed by atoms with E-state index in [0.29, 0.717) is 48.0 Å². The zero-order valence-corrected chi connectivity index (χ0v) is 21.1. The van der Waals surface area contributed by atoms with Crippen LogP contribution in [0.1, 0.15) is 38.3 Å². The summed E-state index contributed by atoms with van der Waals surface area (Å²) < 4.78 is 5.44. The first-order valence-corrected chi connectivity index (χ1v) is 12.6. The molecule has 0 radical (unpaired) electrons. The Morgan fingerprint density at radius 3 is 2.63 bits per heavy atom. The number of nitrogens with one attached hydrogen (secondary N) is 1. The molecule has 4 rings (SSSR count). The molecule has 188 valence electrons. The molecular weight excluding hydrogens is 468 g/mol. The number of hydrogen-bond donors (Lipinski definition) is 1. The number of carbonyl (C=O) groups is 3. The van der Waals surface area contributed by atoms with E-state index in [-0.39, 0.29) is 37.0 Å².